The average molecular weight is 247 g/mol. The van der Waals surface area contributed by atoms with Gasteiger partial charge in [-0.25, -0.2) is 4.98 Å². The van der Waals surface area contributed by atoms with Gasteiger partial charge in [-0.05, 0) is 39.0 Å². The fourth-order valence-electron chi connectivity index (χ4n) is 2.22. The molecule has 18 heavy (non-hydrogen) atoms. The summed E-state index contributed by atoms with van der Waals surface area (Å²) < 4.78 is 5.13. The number of allylic oxidation sites excluding steroid dienone is 1. The number of hydrogen-bond acceptors (Lipinski definition) is 4. The van der Waals surface area contributed by atoms with Gasteiger partial charge in [0.05, 0.1) is 7.11 Å². The summed E-state index contributed by atoms with van der Waals surface area (Å²) in [7, 11) is 1.62. The predicted octanol–water partition coefficient (Wildman–Crippen LogP) is 3.10. The number of ether oxygens (including phenoxy) is 1. The molecule has 1 aliphatic rings. The molecule has 1 heterocycles. The molecule has 0 radical (unpaired) electrons. The quantitative estimate of drug-likeness (QED) is 0.812. The number of nitrogens with one attached hydrogen (secondary N) is 1. The van der Waals surface area contributed by atoms with Crippen LogP contribution in [-0.2, 0) is 0 Å². The fraction of sp³-hybridized carbons (Fsp3) is 0.571. The number of anilines is 1. The first-order valence-corrected chi connectivity index (χ1v) is 6.59. The van der Waals surface area contributed by atoms with Crippen molar-refractivity contribution in [1.82, 2.24) is 9.97 Å². The van der Waals surface area contributed by atoms with Crippen molar-refractivity contribution >= 4 is 5.82 Å². The van der Waals surface area contributed by atoms with Gasteiger partial charge in [-0.3, -0.25) is 0 Å². The van der Waals surface area contributed by atoms with Gasteiger partial charge < -0.3 is 10.1 Å². The van der Waals surface area contributed by atoms with E-state index in [9.17, 15) is 0 Å². The van der Waals surface area contributed by atoms with Crippen molar-refractivity contribution in [3.05, 3.63) is 23.5 Å². The van der Waals surface area contributed by atoms with Gasteiger partial charge in [0, 0.05) is 12.6 Å². The van der Waals surface area contributed by atoms with Gasteiger partial charge in [0.15, 0.2) is 0 Å². The summed E-state index contributed by atoms with van der Waals surface area (Å²) >= 11 is 0. The fourth-order valence-corrected chi connectivity index (χ4v) is 2.22. The highest BCUT2D eigenvalue weighted by molar-refractivity contribution is 5.38. The molecule has 1 N–H and O–H groups in total. The van der Waals surface area contributed by atoms with Crippen LogP contribution in [0.25, 0.3) is 0 Å². The van der Waals surface area contributed by atoms with E-state index in [1.165, 1.54) is 25.7 Å². The van der Waals surface area contributed by atoms with Crippen LogP contribution < -0.4 is 10.1 Å². The summed E-state index contributed by atoms with van der Waals surface area (Å²) in [5, 5.41) is 3.34. The van der Waals surface area contributed by atoms with Crippen molar-refractivity contribution in [3.63, 3.8) is 0 Å². The number of hydrogen-bond donors (Lipinski definition) is 1. The zero-order valence-electron chi connectivity index (χ0n) is 11.2. The van der Waals surface area contributed by atoms with Crippen LogP contribution in [0.15, 0.2) is 17.7 Å². The van der Waals surface area contributed by atoms with E-state index in [0.29, 0.717) is 5.88 Å². The summed E-state index contributed by atoms with van der Waals surface area (Å²) in [4.78, 5) is 8.51. The number of aromatic nitrogens is 2. The number of nitrogens with zero attached hydrogens (tertiary/aromatic N) is 2. The van der Waals surface area contributed by atoms with Crippen LogP contribution in [0.3, 0.4) is 0 Å². The minimum absolute atomic E-state index is 0.613. The van der Waals surface area contributed by atoms with Crippen LogP contribution in [0.5, 0.6) is 5.88 Å². The van der Waals surface area contributed by atoms with E-state index < -0.39 is 0 Å². The van der Waals surface area contributed by atoms with Crippen LogP contribution >= 0.6 is 0 Å². The predicted molar refractivity (Wildman–Crippen MR) is 73.0 cm³/mol. The Morgan fingerprint density at radius 2 is 2.22 bits per heavy atom. The van der Waals surface area contributed by atoms with Gasteiger partial charge in [0.2, 0.25) is 5.88 Å². The highest BCUT2D eigenvalue weighted by atomic mass is 16.5. The van der Waals surface area contributed by atoms with Gasteiger partial charge in [0.1, 0.15) is 11.6 Å². The molecule has 1 aromatic rings. The largest absolute Gasteiger partial charge is 0.481 e. The first-order chi connectivity index (χ1) is 8.78. The van der Waals surface area contributed by atoms with Gasteiger partial charge >= 0.3 is 0 Å². The first-order valence-electron chi connectivity index (χ1n) is 6.59. The average Bonchev–Trinajstić information content (AvgIpc) is 2.39. The summed E-state index contributed by atoms with van der Waals surface area (Å²) in [6.45, 7) is 2.79. The Labute approximate surface area is 108 Å². The monoisotopic (exact) mass is 247 g/mol. The molecular weight excluding hydrogens is 226 g/mol. The van der Waals surface area contributed by atoms with E-state index in [2.05, 4.69) is 21.4 Å². The Bertz CT molecular complexity index is 429. The summed E-state index contributed by atoms with van der Waals surface area (Å²) in [6, 6.07) is 1.84. The molecule has 1 aromatic heterocycles. The van der Waals surface area contributed by atoms with E-state index in [1.807, 2.05) is 13.0 Å². The molecule has 0 aromatic carbocycles. The molecule has 0 unspecified atom stereocenters. The molecule has 0 spiro atoms. The van der Waals surface area contributed by atoms with Crippen LogP contribution in [-0.4, -0.2) is 23.6 Å². The van der Waals surface area contributed by atoms with Crippen molar-refractivity contribution in [3.8, 4) is 5.88 Å². The summed E-state index contributed by atoms with van der Waals surface area (Å²) in [6.07, 6.45) is 8.68. The van der Waals surface area contributed by atoms with E-state index in [1.54, 1.807) is 12.7 Å². The maximum atomic E-state index is 5.13. The molecule has 0 saturated heterocycles. The lowest BCUT2D eigenvalue weighted by molar-refractivity contribution is 0.396. The molecule has 0 aliphatic heterocycles. The second kappa shape index (κ2) is 6.38. The van der Waals surface area contributed by atoms with Crippen LogP contribution in [0.2, 0.25) is 0 Å². The lowest BCUT2D eigenvalue weighted by atomic mass is 9.97. The molecular formula is C14H21N3O. The van der Waals surface area contributed by atoms with Crippen LogP contribution in [0.1, 0.15) is 37.9 Å². The van der Waals surface area contributed by atoms with Crippen molar-refractivity contribution in [2.24, 2.45) is 0 Å². The SMILES string of the molecule is COc1cc(NCCC2=CCCCC2)nc(C)n1. The highest BCUT2D eigenvalue weighted by Crippen LogP contribution is 2.20. The molecule has 0 amide bonds. The Balaban J connectivity index is 1.86. The summed E-state index contributed by atoms with van der Waals surface area (Å²) in [5.74, 6) is 2.19. The van der Waals surface area contributed by atoms with Gasteiger partial charge in [-0.15, -0.1) is 0 Å². The second-order valence-electron chi connectivity index (χ2n) is 4.63. The van der Waals surface area contributed by atoms with Gasteiger partial charge in [-0.2, -0.15) is 4.98 Å². The molecule has 2 rings (SSSR count). The van der Waals surface area contributed by atoms with E-state index in [4.69, 9.17) is 4.74 Å². The molecule has 4 heteroatoms. The smallest absolute Gasteiger partial charge is 0.218 e. The van der Waals surface area contributed by atoms with Crippen molar-refractivity contribution < 1.29 is 4.74 Å². The topological polar surface area (TPSA) is 47.0 Å². The first kappa shape index (κ1) is 12.9. The van der Waals surface area contributed by atoms with Gasteiger partial charge in [-0.1, -0.05) is 11.6 Å². The normalized spacial score (nSPS) is 15.1. The molecule has 0 bridgehead atoms. The lowest BCUT2D eigenvalue weighted by Crippen LogP contribution is -2.07. The summed E-state index contributed by atoms with van der Waals surface area (Å²) in [5.41, 5.74) is 1.58. The molecule has 0 saturated carbocycles. The molecule has 0 atom stereocenters. The number of rotatable bonds is 5. The van der Waals surface area contributed by atoms with E-state index >= 15 is 0 Å². The Morgan fingerprint density at radius 1 is 1.33 bits per heavy atom. The highest BCUT2D eigenvalue weighted by Gasteiger charge is 2.04. The minimum atomic E-state index is 0.613. The maximum absolute atomic E-state index is 5.13. The molecule has 0 fully saturated rings. The Morgan fingerprint density at radius 3 is 2.94 bits per heavy atom. The van der Waals surface area contributed by atoms with Gasteiger partial charge in [0.25, 0.3) is 0 Å². The van der Waals surface area contributed by atoms with Crippen molar-refractivity contribution in [1.29, 1.82) is 0 Å². The van der Waals surface area contributed by atoms with E-state index in [0.717, 1.165) is 24.6 Å². The number of aryl methyl sites for hydroxylation is 1. The number of methoxy groups -OCH3 is 1. The van der Waals surface area contributed by atoms with Crippen LogP contribution in [0, 0.1) is 6.92 Å². The van der Waals surface area contributed by atoms with E-state index in [-0.39, 0.29) is 0 Å². The second-order valence-corrected chi connectivity index (χ2v) is 4.63. The minimum Gasteiger partial charge on any atom is -0.481 e. The zero-order chi connectivity index (χ0) is 12.8. The maximum Gasteiger partial charge on any atom is 0.218 e. The molecule has 98 valence electrons. The zero-order valence-corrected chi connectivity index (χ0v) is 11.2. The Kier molecular flexibility index (Phi) is 4.56. The molecule has 1 aliphatic carbocycles. The third kappa shape index (κ3) is 3.72. The molecule has 4 nitrogen and oxygen atoms in total. The van der Waals surface area contributed by atoms with Crippen molar-refractivity contribution in [2.75, 3.05) is 19.0 Å². The third-order valence-corrected chi connectivity index (χ3v) is 3.16. The lowest BCUT2D eigenvalue weighted by Gasteiger charge is -2.13. The third-order valence-electron chi connectivity index (χ3n) is 3.16. The standard InChI is InChI=1S/C14H21N3O/c1-11-16-13(10-14(17-11)18-2)15-9-8-12-6-4-3-5-7-12/h6,10H,3-5,7-9H2,1-2H3,(H,15,16,17). The Hall–Kier alpha value is -1.58. The van der Waals surface area contributed by atoms with Crippen molar-refractivity contribution in [2.45, 2.75) is 39.0 Å². The van der Waals surface area contributed by atoms with Crippen LogP contribution in [0.4, 0.5) is 5.82 Å².